The van der Waals surface area contributed by atoms with Gasteiger partial charge in [0.15, 0.2) is 0 Å². The fraction of sp³-hybridized carbons (Fsp3) is 0.444. The molecule has 1 aromatic heterocycles. The van der Waals surface area contributed by atoms with E-state index >= 15 is 0 Å². The fourth-order valence-electron chi connectivity index (χ4n) is 3.54. The normalized spacial score (nSPS) is 18.9. The molecule has 140 valence electrons. The largest absolute Gasteiger partial charge is 0.370 e. The average Bonchev–Trinajstić information content (AvgIpc) is 2.59. The zero-order valence-corrected chi connectivity index (χ0v) is 15.5. The number of fused-ring (bicyclic) bond motifs is 1. The minimum absolute atomic E-state index is 0.143. The predicted molar refractivity (Wildman–Crippen MR) is 99.2 cm³/mol. The van der Waals surface area contributed by atoms with Gasteiger partial charge in [0.2, 0.25) is 21.5 Å². The van der Waals surface area contributed by atoms with E-state index in [1.54, 1.807) is 19.1 Å². The minimum atomic E-state index is -3.63. The number of H-pyrrole nitrogens is 1. The number of hydrogen-bond donors (Lipinski definition) is 2. The summed E-state index contributed by atoms with van der Waals surface area (Å²) >= 11 is 0. The van der Waals surface area contributed by atoms with Crippen molar-refractivity contribution in [1.82, 2.24) is 9.29 Å². The highest BCUT2D eigenvalue weighted by Crippen LogP contribution is 2.28. The molecule has 1 aliphatic rings. The maximum Gasteiger partial charge on any atom is 0.248 e. The maximum absolute atomic E-state index is 13.1. The Kier molecular flexibility index (Phi) is 5.15. The number of nitrogens with one attached hydrogen (secondary N) is 1. The maximum atomic E-state index is 13.1. The summed E-state index contributed by atoms with van der Waals surface area (Å²) in [5.74, 6) is -0.214. The third kappa shape index (κ3) is 3.81. The van der Waals surface area contributed by atoms with E-state index in [0.29, 0.717) is 30.4 Å². The molecule has 1 aromatic carbocycles. The Morgan fingerprint density at radius 2 is 2.12 bits per heavy atom. The van der Waals surface area contributed by atoms with Crippen LogP contribution in [0.1, 0.15) is 31.2 Å². The molecule has 8 heteroatoms. The van der Waals surface area contributed by atoms with Gasteiger partial charge in [-0.2, -0.15) is 4.31 Å². The summed E-state index contributed by atoms with van der Waals surface area (Å²) in [6, 6.07) is 6.23. The van der Waals surface area contributed by atoms with Crippen molar-refractivity contribution in [3.63, 3.8) is 0 Å². The van der Waals surface area contributed by atoms with Crippen LogP contribution in [0.25, 0.3) is 10.9 Å². The van der Waals surface area contributed by atoms with Crippen molar-refractivity contribution in [2.75, 3.05) is 13.1 Å². The van der Waals surface area contributed by atoms with Gasteiger partial charge in [0.1, 0.15) is 0 Å². The van der Waals surface area contributed by atoms with Gasteiger partial charge >= 0.3 is 0 Å². The van der Waals surface area contributed by atoms with Crippen molar-refractivity contribution in [2.45, 2.75) is 37.5 Å². The molecule has 1 atom stereocenters. The number of pyridine rings is 1. The first-order valence-corrected chi connectivity index (χ1v) is 10.1. The number of piperidine rings is 1. The van der Waals surface area contributed by atoms with Crippen molar-refractivity contribution in [3.05, 3.63) is 40.2 Å². The lowest BCUT2D eigenvalue weighted by Crippen LogP contribution is -2.40. The van der Waals surface area contributed by atoms with Crippen LogP contribution in [-0.4, -0.2) is 36.7 Å². The number of sulfonamides is 1. The van der Waals surface area contributed by atoms with E-state index in [2.05, 4.69) is 4.98 Å². The molecule has 1 saturated heterocycles. The van der Waals surface area contributed by atoms with Gasteiger partial charge in [-0.3, -0.25) is 9.59 Å². The van der Waals surface area contributed by atoms with E-state index in [-0.39, 0.29) is 28.7 Å². The molecule has 3 N–H and O–H groups in total. The molecule has 1 amide bonds. The van der Waals surface area contributed by atoms with Gasteiger partial charge in [-0.15, -0.1) is 0 Å². The van der Waals surface area contributed by atoms with E-state index in [4.69, 9.17) is 5.73 Å². The summed E-state index contributed by atoms with van der Waals surface area (Å²) in [7, 11) is -3.63. The lowest BCUT2D eigenvalue weighted by atomic mass is 9.94. The first-order valence-electron chi connectivity index (χ1n) is 8.69. The molecule has 0 saturated carbocycles. The number of rotatable bonds is 5. The monoisotopic (exact) mass is 377 g/mol. The van der Waals surface area contributed by atoms with E-state index in [9.17, 15) is 18.0 Å². The van der Waals surface area contributed by atoms with E-state index in [0.717, 1.165) is 18.4 Å². The Hall–Kier alpha value is -2.19. The number of amides is 1. The summed E-state index contributed by atoms with van der Waals surface area (Å²) < 4.78 is 27.6. The number of hydrogen-bond acceptors (Lipinski definition) is 4. The van der Waals surface area contributed by atoms with Crippen molar-refractivity contribution >= 4 is 26.8 Å². The van der Waals surface area contributed by atoms with Gasteiger partial charge in [-0.05, 0) is 55.9 Å². The van der Waals surface area contributed by atoms with Crippen LogP contribution in [0.2, 0.25) is 0 Å². The summed E-state index contributed by atoms with van der Waals surface area (Å²) in [4.78, 5) is 25.5. The quantitative estimate of drug-likeness (QED) is 0.822. The second-order valence-electron chi connectivity index (χ2n) is 6.90. The standard InChI is InChI=1S/C18H23N3O4S/c1-12-9-18(23)20-16-6-5-14(10-15(12)16)26(24,25)21-8-2-3-13(11-21)4-7-17(19)22/h5-6,9-10,13H,2-4,7-8,11H2,1H3,(H2,19,22)(H,20,23). The number of primary amides is 1. The van der Waals surface area contributed by atoms with E-state index in [1.165, 1.54) is 16.4 Å². The number of benzene rings is 1. The first-order chi connectivity index (χ1) is 12.3. The van der Waals surface area contributed by atoms with Gasteiger partial charge in [-0.1, -0.05) is 0 Å². The molecule has 1 aliphatic heterocycles. The third-order valence-electron chi connectivity index (χ3n) is 4.94. The van der Waals surface area contributed by atoms with Crippen LogP contribution in [0, 0.1) is 12.8 Å². The lowest BCUT2D eigenvalue weighted by Gasteiger charge is -2.31. The number of nitrogens with zero attached hydrogens (tertiary/aromatic N) is 1. The van der Waals surface area contributed by atoms with Crippen molar-refractivity contribution in [1.29, 1.82) is 0 Å². The molecule has 2 aromatic rings. The number of carbonyl (C=O) groups is 1. The molecule has 0 spiro atoms. The average molecular weight is 377 g/mol. The Bertz CT molecular complexity index is 997. The zero-order valence-electron chi connectivity index (χ0n) is 14.7. The molecule has 7 nitrogen and oxygen atoms in total. The van der Waals surface area contributed by atoms with Gasteiger partial charge in [-0.25, -0.2) is 8.42 Å². The fourth-order valence-corrected chi connectivity index (χ4v) is 5.12. The summed E-state index contributed by atoms with van der Waals surface area (Å²) in [5.41, 5.74) is 6.35. The Balaban J connectivity index is 1.88. The second-order valence-corrected chi connectivity index (χ2v) is 8.84. The van der Waals surface area contributed by atoms with Crippen LogP contribution in [0.4, 0.5) is 0 Å². The molecule has 0 bridgehead atoms. The van der Waals surface area contributed by atoms with Gasteiger partial charge in [0.05, 0.1) is 4.90 Å². The zero-order chi connectivity index (χ0) is 18.9. The smallest absolute Gasteiger partial charge is 0.248 e. The number of carbonyl (C=O) groups excluding carboxylic acids is 1. The third-order valence-corrected chi connectivity index (χ3v) is 6.80. The minimum Gasteiger partial charge on any atom is -0.370 e. The van der Waals surface area contributed by atoms with Crippen LogP contribution < -0.4 is 11.3 Å². The summed E-state index contributed by atoms with van der Waals surface area (Å²) in [6.07, 6.45) is 2.56. The van der Waals surface area contributed by atoms with Crippen molar-refractivity contribution in [3.8, 4) is 0 Å². The number of aromatic nitrogens is 1. The molecule has 3 rings (SSSR count). The van der Waals surface area contributed by atoms with Crippen molar-refractivity contribution < 1.29 is 13.2 Å². The first kappa shape index (κ1) is 18.6. The molecular weight excluding hydrogens is 354 g/mol. The van der Waals surface area contributed by atoms with E-state index in [1.807, 2.05) is 0 Å². The Morgan fingerprint density at radius 3 is 2.85 bits per heavy atom. The second kappa shape index (κ2) is 7.20. The molecule has 0 aliphatic carbocycles. The summed E-state index contributed by atoms with van der Waals surface area (Å²) in [6.45, 7) is 2.66. The predicted octanol–water partition coefficient (Wildman–Crippen LogP) is 1.50. The number of nitrogens with two attached hydrogens (primary N) is 1. The Labute approximate surface area is 152 Å². The van der Waals surface area contributed by atoms with E-state index < -0.39 is 10.0 Å². The lowest BCUT2D eigenvalue weighted by molar-refractivity contribution is -0.118. The summed E-state index contributed by atoms with van der Waals surface area (Å²) in [5, 5.41) is 0.716. The highest BCUT2D eigenvalue weighted by molar-refractivity contribution is 7.89. The highest BCUT2D eigenvalue weighted by atomic mass is 32.2. The van der Waals surface area contributed by atoms with Crippen LogP contribution in [0.5, 0.6) is 0 Å². The molecule has 26 heavy (non-hydrogen) atoms. The molecular formula is C18H23N3O4S. The number of aromatic amines is 1. The van der Waals surface area contributed by atoms with Crippen LogP contribution in [0.15, 0.2) is 34.0 Å². The van der Waals surface area contributed by atoms with Crippen LogP contribution in [0.3, 0.4) is 0 Å². The van der Waals surface area contributed by atoms with Gasteiger partial charge < -0.3 is 10.7 Å². The molecule has 2 heterocycles. The Morgan fingerprint density at radius 1 is 1.35 bits per heavy atom. The van der Waals surface area contributed by atoms with Gasteiger partial charge in [0.25, 0.3) is 0 Å². The van der Waals surface area contributed by atoms with Crippen molar-refractivity contribution in [2.24, 2.45) is 11.7 Å². The SMILES string of the molecule is Cc1cc(=O)[nH]c2ccc(S(=O)(=O)N3CCCC(CCC(N)=O)C3)cc12. The van der Waals surface area contributed by atoms with Crippen LogP contribution >= 0.6 is 0 Å². The topological polar surface area (TPSA) is 113 Å². The molecule has 1 fully saturated rings. The number of aryl methyl sites for hydroxylation is 1. The highest BCUT2D eigenvalue weighted by Gasteiger charge is 2.30. The van der Waals surface area contributed by atoms with Crippen LogP contribution in [-0.2, 0) is 14.8 Å². The van der Waals surface area contributed by atoms with Gasteiger partial charge in [0, 0.05) is 36.5 Å². The molecule has 1 unspecified atom stereocenters. The molecule has 0 radical (unpaired) electrons.